The molecule has 0 fully saturated rings. The van der Waals surface area contributed by atoms with Crippen LogP contribution in [0.4, 0.5) is 10.5 Å². The highest BCUT2D eigenvalue weighted by atomic mass is 35.5. The van der Waals surface area contributed by atoms with E-state index in [9.17, 15) is 9.59 Å². The highest BCUT2D eigenvalue weighted by Gasteiger charge is 2.19. The average Bonchev–Trinajstić information content (AvgIpc) is 2.27. The smallest absolute Gasteiger partial charge is 0.414 e. The first-order valence-corrected chi connectivity index (χ1v) is 5.34. The van der Waals surface area contributed by atoms with Crippen LogP contribution in [-0.4, -0.2) is 30.3 Å². The quantitative estimate of drug-likeness (QED) is 0.899. The Morgan fingerprint density at radius 3 is 2.41 bits per heavy atom. The molecule has 1 rings (SSSR count). The normalized spacial score (nSPS) is 9.76. The third kappa shape index (κ3) is 3.96. The van der Waals surface area contributed by atoms with E-state index in [4.69, 9.17) is 21.4 Å². The first kappa shape index (κ1) is 13.3. The molecule has 0 unspecified atom stereocenters. The van der Waals surface area contributed by atoms with Crippen molar-refractivity contribution in [1.82, 2.24) is 0 Å². The summed E-state index contributed by atoms with van der Waals surface area (Å²) in [4.78, 5) is 23.3. The van der Waals surface area contributed by atoms with Crippen LogP contribution in [0.5, 0.6) is 0 Å². The summed E-state index contributed by atoms with van der Waals surface area (Å²) in [6, 6.07) is 6.26. The molecule has 0 saturated carbocycles. The van der Waals surface area contributed by atoms with E-state index in [-0.39, 0.29) is 6.61 Å². The summed E-state index contributed by atoms with van der Waals surface area (Å²) >= 11 is 5.71. The maximum atomic E-state index is 11.6. The van der Waals surface area contributed by atoms with Gasteiger partial charge in [0.05, 0.1) is 6.61 Å². The Bertz CT molecular complexity index is 404. The minimum Gasteiger partial charge on any atom is -0.480 e. The Labute approximate surface area is 104 Å². The molecule has 0 saturated heterocycles. The molecule has 1 amide bonds. The molecule has 1 aromatic rings. The lowest BCUT2D eigenvalue weighted by Gasteiger charge is -2.19. The second-order valence-corrected chi connectivity index (χ2v) is 3.59. The number of carbonyl (C=O) groups is 2. The van der Waals surface area contributed by atoms with Crippen molar-refractivity contribution in [3.63, 3.8) is 0 Å². The minimum atomic E-state index is -1.12. The molecule has 6 heteroatoms. The molecule has 0 aliphatic heterocycles. The second-order valence-electron chi connectivity index (χ2n) is 3.16. The third-order valence-corrected chi connectivity index (χ3v) is 2.17. The fourth-order valence-corrected chi connectivity index (χ4v) is 1.34. The molecule has 0 bridgehead atoms. The van der Waals surface area contributed by atoms with Gasteiger partial charge in [0.1, 0.15) is 6.54 Å². The maximum absolute atomic E-state index is 11.6. The van der Waals surface area contributed by atoms with Crippen molar-refractivity contribution >= 4 is 29.4 Å². The van der Waals surface area contributed by atoms with Gasteiger partial charge in [-0.25, -0.2) is 4.79 Å². The zero-order chi connectivity index (χ0) is 12.8. The third-order valence-electron chi connectivity index (χ3n) is 1.92. The lowest BCUT2D eigenvalue weighted by Crippen LogP contribution is -2.36. The SMILES string of the molecule is CCOC(=O)N(CC(=O)O)c1ccc(Cl)cc1. The fourth-order valence-electron chi connectivity index (χ4n) is 1.22. The number of benzene rings is 1. The number of hydrogen-bond acceptors (Lipinski definition) is 3. The van der Waals surface area contributed by atoms with Crippen molar-refractivity contribution in [2.24, 2.45) is 0 Å². The highest BCUT2D eigenvalue weighted by molar-refractivity contribution is 6.30. The van der Waals surface area contributed by atoms with Crippen LogP contribution in [0, 0.1) is 0 Å². The van der Waals surface area contributed by atoms with Crippen molar-refractivity contribution in [1.29, 1.82) is 0 Å². The first-order valence-electron chi connectivity index (χ1n) is 4.96. The first-order chi connectivity index (χ1) is 8.04. The Morgan fingerprint density at radius 2 is 1.94 bits per heavy atom. The average molecular weight is 258 g/mol. The zero-order valence-electron chi connectivity index (χ0n) is 9.22. The van der Waals surface area contributed by atoms with Gasteiger partial charge >= 0.3 is 12.1 Å². The number of hydrogen-bond donors (Lipinski definition) is 1. The summed E-state index contributed by atoms with van der Waals surface area (Å²) in [7, 11) is 0. The molecule has 0 aromatic heterocycles. The van der Waals surface area contributed by atoms with Gasteiger partial charge in [0, 0.05) is 10.7 Å². The van der Waals surface area contributed by atoms with Gasteiger partial charge in [-0.15, -0.1) is 0 Å². The summed E-state index contributed by atoms with van der Waals surface area (Å²) in [5, 5.41) is 9.25. The van der Waals surface area contributed by atoms with E-state index >= 15 is 0 Å². The van der Waals surface area contributed by atoms with Crippen LogP contribution >= 0.6 is 11.6 Å². The maximum Gasteiger partial charge on any atom is 0.414 e. The van der Waals surface area contributed by atoms with Crippen LogP contribution in [0.15, 0.2) is 24.3 Å². The molecule has 0 heterocycles. The van der Waals surface area contributed by atoms with Crippen LogP contribution in [0.3, 0.4) is 0 Å². The number of carboxylic acid groups (broad SMARTS) is 1. The summed E-state index contributed by atoms with van der Waals surface area (Å²) in [6.07, 6.45) is -0.697. The number of anilines is 1. The van der Waals surface area contributed by atoms with E-state index in [2.05, 4.69) is 0 Å². The van der Waals surface area contributed by atoms with Crippen molar-refractivity contribution in [2.75, 3.05) is 18.1 Å². The molecule has 0 radical (unpaired) electrons. The largest absolute Gasteiger partial charge is 0.480 e. The number of ether oxygens (including phenoxy) is 1. The number of nitrogens with zero attached hydrogens (tertiary/aromatic N) is 1. The van der Waals surface area contributed by atoms with Gasteiger partial charge in [0.15, 0.2) is 0 Å². The molecular weight excluding hydrogens is 246 g/mol. The van der Waals surface area contributed by atoms with Gasteiger partial charge in [0.2, 0.25) is 0 Å². The van der Waals surface area contributed by atoms with Crippen LogP contribution in [0.25, 0.3) is 0 Å². The molecule has 0 aliphatic rings. The molecule has 5 nitrogen and oxygen atoms in total. The van der Waals surface area contributed by atoms with Gasteiger partial charge in [0.25, 0.3) is 0 Å². The number of rotatable bonds is 4. The molecule has 1 N–H and O–H groups in total. The van der Waals surface area contributed by atoms with E-state index < -0.39 is 18.6 Å². The summed E-state index contributed by atoms with van der Waals surface area (Å²) in [5.74, 6) is -1.12. The van der Waals surface area contributed by atoms with E-state index in [1.165, 1.54) is 0 Å². The van der Waals surface area contributed by atoms with Crippen molar-refractivity contribution in [3.8, 4) is 0 Å². The molecule has 92 valence electrons. The number of halogens is 1. The van der Waals surface area contributed by atoms with Crippen molar-refractivity contribution in [2.45, 2.75) is 6.92 Å². The molecule has 17 heavy (non-hydrogen) atoms. The monoisotopic (exact) mass is 257 g/mol. The number of carboxylic acids is 1. The van der Waals surface area contributed by atoms with Crippen molar-refractivity contribution in [3.05, 3.63) is 29.3 Å². The molecule has 0 aliphatic carbocycles. The Kier molecular flexibility index (Phi) is 4.78. The highest BCUT2D eigenvalue weighted by Crippen LogP contribution is 2.18. The number of amides is 1. The van der Waals surface area contributed by atoms with E-state index in [0.717, 1.165) is 4.90 Å². The van der Waals surface area contributed by atoms with Crippen LogP contribution in [0.1, 0.15) is 6.92 Å². The molecular formula is C11H12ClNO4. The predicted octanol–water partition coefficient (Wildman–Crippen LogP) is 2.39. The Hall–Kier alpha value is -1.75. The minimum absolute atomic E-state index is 0.183. The van der Waals surface area contributed by atoms with Crippen LogP contribution in [-0.2, 0) is 9.53 Å². The van der Waals surface area contributed by atoms with E-state index in [1.807, 2.05) is 0 Å². The van der Waals surface area contributed by atoms with Gasteiger partial charge in [-0.2, -0.15) is 0 Å². The zero-order valence-corrected chi connectivity index (χ0v) is 9.98. The summed E-state index contributed by atoms with van der Waals surface area (Å²) in [6.45, 7) is 1.38. The van der Waals surface area contributed by atoms with Gasteiger partial charge in [-0.1, -0.05) is 11.6 Å². The van der Waals surface area contributed by atoms with E-state index in [1.54, 1.807) is 31.2 Å². The lowest BCUT2D eigenvalue weighted by atomic mass is 10.3. The van der Waals surface area contributed by atoms with Crippen LogP contribution < -0.4 is 4.90 Å². The molecule has 1 aromatic carbocycles. The van der Waals surface area contributed by atoms with Crippen molar-refractivity contribution < 1.29 is 19.4 Å². The Balaban J connectivity index is 2.92. The van der Waals surface area contributed by atoms with E-state index in [0.29, 0.717) is 10.7 Å². The van der Waals surface area contributed by atoms with Crippen LogP contribution in [0.2, 0.25) is 5.02 Å². The topological polar surface area (TPSA) is 66.8 Å². The number of carbonyl (C=O) groups excluding carboxylic acids is 1. The standard InChI is InChI=1S/C11H12ClNO4/c1-2-17-11(16)13(7-10(14)15)9-5-3-8(12)4-6-9/h3-6H,2,7H2,1H3,(H,14,15). The van der Waals surface area contributed by atoms with Gasteiger partial charge in [-0.05, 0) is 31.2 Å². The van der Waals surface area contributed by atoms with Gasteiger partial charge in [-0.3, -0.25) is 9.69 Å². The predicted molar refractivity (Wildman–Crippen MR) is 63.5 cm³/mol. The fraction of sp³-hybridized carbons (Fsp3) is 0.273. The van der Waals surface area contributed by atoms with Gasteiger partial charge < -0.3 is 9.84 Å². The lowest BCUT2D eigenvalue weighted by molar-refractivity contribution is -0.135. The molecule has 0 atom stereocenters. The Morgan fingerprint density at radius 1 is 1.35 bits per heavy atom. The number of aliphatic carboxylic acids is 1. The summed E-state index contributed by atoms with van der Waals surface area (Å²) < 4.78 is 4.78. The summed E-state index contributed by atoms with van der Waals surface area (Å²) in [5.41, 5.74) is 0.426. The second kappa shape index (κ2) is 6.10. The molecule has 0 spiro atoms.